The lowest BCUT2D eigenvalue weighted by Crippen LogP contribution is -2.05. The molecule has 0 aliphatic carbocycles. The summed E-state index contributed by atoms with van der Waals surface area (Å²) in [5.74, 6) is 0. The molecule has 0 saturated heterocycles. The average Bonchev–Trinajstić information content (AvgIpc) is 2.63. The number of aliphatic hydroxyl groups excluding tert-OH is 1. The molecule has 4 heteroatoms. The fourth-order valence-corrected chi connectivity index (χ4v) is 1.35. The van der Waals surface area contributed by atoms with E-state index in [1.54, 1.807) is 6.20 Å². The first-order valence-electron chi connectivity index (χ1n) is 4.50. The van der Waals surface area contributed by atoms with E-state index in [1.165, 1.54) is 0 Å². The van der Waals surface area contributed by atoms with Crippen molar-refractivity contribution in [2.75, 3.05) is 13.2 Å². The van der Waals surface area contributed by atoms with Crippen LogP contribution in [0.4, 0.5) is 0 Å². The molecule has 0 spiro atoms. The van der Waals surface area contributed by atoms with Crippen LogP contribution in [-0.2, 0) is 11.5 Å². The van der Waals surface area contributed by atoms with E-state index in [2.05, 4.69) is 4.98 Å². The van der Waals surface area contributed by atoms with Crippen molar-refractivity contribution in [3.63, 3.8) is 0 Å². The van der Waals surface area contributed by atoms with Crippen LogP contribution >= 0.6 is 0 Å². The molecular formula is C10H12N2O2. The molecule has 0 fully saturated rings. The zero-order chi connectivity index (χ0) is 9.80. The van der Waals surface area contributed by atoms with Crippen LogP contribution in [0.5, 0.6) is 0 Å². The number of nitrogens with zero attached hydrogens (tertiary/aromatic N) is 2. The number of ether oxygens (including phenoxy) is 1. The Morgan fingerprint density at radius 2 is 2.36 bits per heavy atom. The van der Waals surface area contributed by atoms with E-state index in [0.717, 1.165) is 11.0 Å². The van der Waals surface area contributed by atoms with Crippen molar-refractivity contribution in [1.29, 1.82) is 0 Å². The van der Waals surface area contributed by atoms with Crippen LogP contribution in [0.25, 0.3) is 11.0 Å². The quantitative estimate of drug-likeness (QED) is 0.735. The summed E-state index contributed by atoms with van der Waals surface area (Å²) in [6.07, 6.45) is 3.68. The van der Waals surface area contributed by atoms with E-state index < -0.39 is 0 Å². The first-order chi connectivity index (χ1) is 6.92. The highest BCUT2D eigenvalue weighted by Gasteiger charge is 1.99. The van der Waals surface area contributed by atoms with Gasteiger partial charge in [-0.25, -0.2) is 4.98 Å². The van der Waals surface area contributed by atoms with Crippen LogP contribution in [-0.4, -0.2) is 27.9 Å². The van der Waals surface area contributed by atoms with Gasteiger partial charge in [-0.1, -0.05) is 0 Å². The van der Waals surface area contributed by atoms with Gasteiger partial charge in [0.1, 0.15) is 12.4 Å². The smallest absolute Gasteiger partial charge is 0.141 e. The first kappa shape index (κ1) is 9.18. The molecule has 2 heterocycles. The third-order valence-corrected chi connectivity index (χ3v) is 1.99. The topological polar surface area (TPSA) is 47.3 Å². The number of aromatic nitrogens is 2. The summed E-state index contributed by atoms with van der Waals surface area (Å²) >= 11 is 0. The highest BCUT2D eigenvalue weighted by atomic mass is 16.5. The van der Waals surface area contributed by atoms with Crippen LogP contribution in [0.2, 0.25) is 0 Å². The Labute approximate surface area is 81.8 Å². The summed E-state index contributed by atoms with van der Waals surface area (Å²) in [5.41, 5.74) is 0.908. The van der Waals surface area contributed by atoms with Crippen molar-refractivity contribution in [3.05, 3.63) is 30.6 Å². The molecule has 2 aromatic rings. The van der Waals surface area contributed by atoms with Crippen LogP contribution in [0, 0.1) is 0 Å². The number of aliphatic hydroxyl groups is 1. The lowest BCUT2D eigenvalue weighted by Gasteiger charge is -2.04. The van der Waals surface area contributed by atoms with Gasteiger partial charge < -0.3 is 14.4 Å². The lowest BCUT2D eigenvalue weighted by atomic mass is 10.3. The number of hydrogen-bond acceptors (Lipinski definition) is 3. The van der Waals surface area contributed by atoms with E-state index >= 15 is 0 Å². The molecule has 0 amide bonds. The fraction of sp³-hybridized carbons (Fsp3) is 0.300. The van der Waals surface area contributed by atoms with Crippen LogP contribution in [0.3, 0.4) is 0 Å². The monoisotopic (exact) mass is 192 g/mol. The zero-order valence-corrected chi connectivity index (χ0v) is 7.76. The Morgan fingerprint density at radius 3 is 3.21 bits per heavy atom. The second-order valence-corrected chi connectivity index (χ2v) is 2.96. The molecule has 2 aromatic heterocycles. The molecule has 0 aromatic carbocycles. The van der Waals surface area contributed by atoms with Crippen LogP contribution in [0.15, 0.2) is 30.6 Å². The lowest BCUT2D eigenvalue weighted by molar-refractivity contribution is 0.0502. The maximum absolute atomic E-state index is 8.56. The van der Waals surface area contributed by atoms with E-state index in [4.69, 9.17) is 9.84 Å². The average molecular weight is 192 g/mol. The summed E-state index contributed by atoms with van der Waals surface area (Å²) in [4.78, 5) is 4.24. The Kier molecular flexibility index (Phi) is 2.76. The number of hydrogen-bond donors (Lipinski definition) is 1. The molecule has 0 bridgehead atoms. The molecule has 0 aliphatic heterocycles. The molecular weight excluding hydrogens is 180 g/mol. The van der Waals surface area contributed by atoms with Crippen LogP contribution in [0.1, 0.15) is 0 Å². The Hall–Kier alpha value is -1.39. The highest BCUT2D eigenvalue weighted by molar-refractivity contribution is 5.75. The van der Waals surface area contributed by atoms with Crippen molar-refractivity contribution in [2.45, 2.75) is 6.73 Å². The maximum Gasteiger partial charge on any atom is 0.141 e. The summed E-state index contributed by atoms with van der Waals surface area (Å²) in [6.45, 7) is 0.834. The van der Waals surface area contributed by atoms with Crippen molar-refractivity contribution >= 4 is 11.0 Å². The third-order valence-electron chi connectivity index (χ3n) is 1.99. The Morgan fingerprint density at radius 1 is 1.43 bits per heavy atom. The van der Waals surface area contributed by atoms with Crippen molar-refractivity contribution < 1.29 is 9.84 Å². The maximum atomic E-state index is 8.56. The van der Waals surface area contributed by atoms with Gasteiger partial charge in [-0.05, 0) is 18.2 Å². The van der Waals surface area contributed by atoms with Crippen LogP contribution < -0.4 is 0 Å². The normalized spacial score (nSPS) is 10.9. The molecule has 0 radical (unpaired) electrons. The number of fused-ring (bicyclic) bond motifs is 1. The minimum Gasteiger partial charge on any atom is -0.394 e. The zero-order valence-electron chi connectivity index (χ0n) is 7.76. The minimum absolute atomic E-state index is 0.0482. The van der Waals surface area contributed by atoms with Gasteiger partial charge in [-0.3, -0.25) is 0 Å². The molecule has 0 unspecified atom stereocenters. The van der Waals surface area contributed by atoms with Gasteiger partial charge in [0, 0.05) is 17.8 Å². The predicted molar refractivity (Wildman–Crippen MR) is 52.8 cm³/mol. The van der Waals surface area contributed by atoms with E-state index in [9.17, 15) is 0 Å². The molecule has 2 rings (SSSR count). The summed E-state index contributed by atoms with van der Waals surface area (Å²) < 4.78 is 7.12. The summed E-state index contributed by atoms with van der Waals surface area (Å²) in [5, 5.41) is 9.66. The fourth-order valence-electron chi connectivity index (χ4n) is 1.35. The van der Waals surface area contributed by atoms with E-state index in [1.807, 2.05) is 29.0 Å². The molecule has 1 N–H and O–H groups in total. The Balaban J connectivity index is 2.17. The van der Waals surface area contributed by atoms with Gasteiger partial charge in [0.25, 0.3) is 0 Å². The molecule has 0 saturated carbocycles. The van der Waals surface area contributed by atoms with Gasteiger partial charge in [0.05, 0.1) is 13.2 Å². The molecule has 0 aliphatic rings. The summed E-state index contributed by atoms with van der Waals surface area (Å²) in [6, 6.07) is 5.90. The van der Waals surface area contributed by atoms with Gasteiger partial charge in [0.15, 0.2) is 0 Å². The van der Waals surface area contributed by atoms with Crippen molar-refractivity contribution in [3.8, 4) is 0 Å². The molecule has 74 valence electrons. The SMILES string of the molecule is OCCOCn1ccc2cccnc21. The minimum atomic E-state index is 0.0482. The molecule has 14 heavy (non-hydrogen) atoms. The molecule has 0 atom stereocenters. The third kappa shape index (κ3) is 1.76. The largest absolute Gasteiger partial charge is 0.394 e. The number of pyridine rings is 1. The van der Waals surface area contributed by atoms with E-state index in [-0.39, 0.29) is 6.61 Å². The molecule has 4 nitrogen and oxygen atoms in total. The summed E-state index contributed by atoms with van der Waals surface area (Å²) in [7, 11) is 0. The second kappa shape index (κ2) is 4.21. The predicted octanol–water partition coefficient (Wildman–Crippen LogP) is 1.00. The van der Waals surface area contributed by atoms with Gasteiger partial charge >= 0.3 is 0 Å². The highest BCUT2D eigenvalue weighted by Crippen LogP contribution is 2.11. The Bertz CT molecular complexity index is 411. The second-order valence-electron chi connectivity index (χ2n) is 2.96. The van der Waals surface area contributed by atoms with E-state index in [0.29, 0.717) is 13.3 Å². The van der Waals surface area contributed by atoms with Gasteiger partial charge in [0.2, 0.25) is 0 Å². The number of rotatable bonds is 4. The van der Waals surface area contributed by atoms with Crippen molar-refractivity contribution in [2.24, 2.45) is 0 Å². The standard InChI is InChI=1S/C10H12N2O2/c13-6-7-14-8-12-5-3-9-2-1-4-11-10(9)12/h1-5,13H,6-8H2. The van der Waals surface area contributed by atoms with Crippen molar-refractivity contribution in [1.82, 2.24) is 9.55 Å². The van der Waals surface area contributed by atoms with Gasteiger partial charge in [-0.2, -0.15) is 0 Å². The van der Waals surface area contributed by atoms with Gasteiger partial charge in [-0.15, -0.1) is 0 Å². The first-order valence-corrected chi connectivity index (χ1v) is 4.50.